The molecular weight excluding hydrogens is 253 g/mol. The van der Waals surface area contributed by atoms with Gasteiger partial charge in [0.25, 0.3) is 0 Å². The molecule has 0 aromatic heterocycles. The highest BCUT2D eigenvalue weighted by Crippen LogP contribution is 2.32. The first-order chi connectivity index (χ1) is 8.33. The fourth-order valence-electron chi connectivity index (χ4n) is 1.16. The standard InChI is InChI=1S/C11H11F3O4/c1-7(10(15)16-2)17-8-5-3-4-6-9(8)18-11(12,13)14/h3-7H,1-2H3/t7-/m0/s1. The number of hydrogen-bond donors (Lipinski definition) is 0. The zero-order chi connectivity index (χ0) is 13.8. The van der Waals surface area contributed by atoms with Crippen LogP contribution < -0.4 is 9.47 Å². The van der Waals surface area contributed by atoms with Gasteiger partial charge in [-0.05, 0) is 19.1 Å². The minimum atomic E-state index is -4.83. The number of alkyl halides is 3. The molecule has 0 aliphatic carbocycles. The number of carbonyl (C=O) groups is 1. The van der Waals surface area contributed by atoms with E-state index < -0.39 is 24.2 Å². The number of carbonyl (C=O) groups excluding carboxylic acids is 1. The summed E-state index contributed by atoms with van der Waals surface area (Å²) in [6, 6.07) is 5.17. The molecule has 0 spiro atoms. The van der Waals surface area contributed by atoms with E-state index in [9.17, 15) is 18.0 Å². The van der Waals surface area contributed by atoms with Crippen molar-refractivity contribution in [2.75, 3.05) is 7.11 Å². The van der Waals surface area contributed by atoms with Crippen molar-refractivity contribution in [2.45, 2.75) is 19.4 Å². The lowest BCUT2D eigenvalue weighted by molar-refractivity contribution is -0.275. The summed E-state index contributed by atoms with van der Waals surface area (Å²) in [5.41, 5.74) is 0. The van der Waals surface area contributed by atoms with E-state index in [2.05, 4.69) is 9.47 Å². The maximum absolute atomic E-state index is 12.1. The van der Waals surface area contributed by atoms with Crippen molar-refractivity contribution in [3.8, 4) is 11.5 Å². The number of benzene rings is 1. The molecule has 7 heteroatoms. The average molecular weight is 264 g/mol. The van der Waals surface area contributed by atoms with Crippen LogP contribution in [0.3, 0.4) is 0 Å². The molecule has 1 atom stereocenters. The zero-order valence-corrected chi connectivity index (χ0v) is 9.65. The number of hydrogen-bond acceptors (Lipinski definition) is 4. The van der Waals surface area contributed by atoms with E-state index in [1.165, 1.54) is 25.1 Å². The van der Waals surface area contributed by atoms with E-state index in [1.54, 1.807) is 0 Å². The zero-order valence-electron chi connectivity index (χ0n) is 9.65. The molecule has 0 radical (unpaired) electrons. The Labute approximate surface area is 101 Å². The predicted octanol–water partition coefficient (Wildman–Crippen LogP) is 2.53. The molecule has 0 aliphatic heterocycles. The highest BCUT2D eigenvalue weighted by molar-refractivity contribution is 5.74. The molecule has 0 amide bonds. The van der Waals surface area contributed by atoms with Gasteiger partial charge in [0.15, 0.2) is 17.6 Å². The molecule has 0 N–H and O–H groups in total. The predicted molar refractivity (Wildman–Crippen MR) is 55.2 cm³/mol. The van der Waals surface area contributed by atoms with Gasteiger partial charge in [-0.1, -0.05) is 12.1 Å². The fourth-order valence-corrected chi connectivity index (χ4v) is 1.16. The summed E-state index contributed by atoms with van der Waals surface area (Å²) < 4.78 is 49.6. The fraction of sp³-hybridized carbons (Fsp3) is 0.364. The van der Waals surface area contributed by atoms with Gasteiger partial charge in [0, 0.05) is 0 Å². The van der Waals surface area contributed by atoms with Gasteiger partial charge in [-0.25, -0.2) is 4.79 Å². The molecule has 0 aliphatic rings. The number of rotatable bonds is 4. The third kappa shape index (κ3) is 4.15. The number of esters is 1. The highest BCUT2D eigenvalue weighted by Gasteiger charge is 2.32. The molecule has 0 unspecified atom stereocenters. The van der Waals surface area contributed by atoms with Crippen molar-refractivity contribution in [3.63, 3.8) is 0 Å². The van der Waals surface area contributed by atoms with Gasteiger partial charge in [0.1, 0.15) is 0 Å². The van der Waals surface area contributed by atoms with Crippen LogP contribution in [0.25, 0.3) is 0 Å². The molecule has 1 rings (SSSR count). The van der Waals surface area contributed by atoms with Crippen molar-refractivity contribution < 1.29 is 32.2 Å². The molecule has 100 valence electrons. The van der Waals surface area contributed by atoms with Crippen molar-refractivity contribution in [2.24, 2.45) is 0 Å². The Morgan fingerprint density at radius 3 is 2.28 bits per heavy atom. The maximum Gasteiger partial charge on any atom is 0.573 e. The largest absolute Gasteiger partial charge is 0.573 e. The maximum atomic E-state index is 12.1. The summed E-state index contributed by atoms with van der Waals surface area (Å²) in [6.07, 6.45) is -5.86. The summed E-state index contributed by atoms with van der Waals surface area (Å²) in [5, 5.41) is 0. The molecular formula is C11H11F3O4. The van der Waals surface area contributed by atoms with Gasteiger partial charge >= 0.3 is 12.3 Å². The van der Waals surface area contributed by atoms with Crippen molar-refractivity contribution in [1.82, 2.24) is 0 Å². The third-order valence-corrected chi connectivity index (χ3v) is 1.91. The van der Waals surface area contributed by atoms with Crippen LogP contribution in [0.2, 0.25) is 0 Å². The topological polar surface area (TPSA) is 44.8 Å². The number of halogens is 3. The van der Waals surface area contributed by atoms with E-state index in [0.717, 1.165) is 13.2 Å². The molecule has 0 saturated heterocycles. The van der Waals surface area contributed by atoms with Gasteiger partial charge in [0.05, 0.1) is 7.11 Å². The van der Waals surface area contributed by atoms with Crippen molar-refractivity contribution in [3.05, 3.63) is 24.3 Å². The van der Waals surface area contributed by atoms with Crippen LogP contribution in [0.4, 0.5) is 13.2 Å². The van der Waals surface area contributed by atoms with E-state index in [1.807, 2.05) is 0 Å². The normalized spacial score (nSPS) is 12.7. The molecule has 18 heavy (non-hydrogen) atoms. The molecule has 0 fully saturated rings. The summed E-state index contributed by atoms with van der Waals surface area (Å²) in [5.74, 6) is -1.40. The Hall–Kier alpha value is -1.92. The highest BCUT2D eigenvalue weighted by atomic mass is 19.4. The quantitative estimate of drug-likeness (QED) is 0.784. The van der Waals surface area contributed by atoms with Crippen molar-refractivity contribution in [1.29, 1.82) is 0 Å². The van der Waals surface area contributed by atoms with Crippen LogP contribution in [-0.4, -0.2) is 25.5 Å². The Morgan fingerprint density at radius 2 is 1.78 bits per heavy atom. The minimum absolute atomic E-state index is 0.187. The first kappa shape index (κ1) is 14.1. The summed E-state index contributed by atoms with van der Waals surface area (Å²) >= 11 is 0. The second kappa shape index (κ2) is 5.61. The summed E-state index contributed by atoms with van der Waals surface area (Å²) in [6.45, 7) is 1.36. The van der Waals surface area contributed by atoms with E-state index >= 15 is 0 Å². The van der Waals surface area contributed by atoms with Crippen LogP contribution >= 0.6 is 0 Å². The average Bonchev–Trinajstić information content (AvgIpc) is 2.28. The van der Waals surface area contributed by atoms with Crippen LogP contribution in [-0.2, 0) is 9.53 Å². The van der Waals surface area contributed by atoms with Gasteiger partial charge in [0.2, 0.25) is 0 Å². The van der Waals surface area contributed by atoms with E-state index in [4.69, 9.17) is 4.74 Å². The number of para-hydroxylation sites is 2. The molecule has 4 nitrogen and oxygen atoms in total. The van der Waals surface area contributed by atoms with Gasteiger partial charge in [-0.3, -0.25) is 0 Å². The molecule has 0 heterocycles. The monoisotopic (exact) mass is 264 g/mol. The Kier molecular flexibility index (Phi) is 4.41. The Morgan fingerprint density at radius 1 is 1.22 bits per heavy atom. The Balaban J connectivity index is 2.85. The number of methoxy groups -OCH3 is 1. The van der Waals surface area contributed by atoms with E-state index in [-0.39, 0.29) is 5.75 Å². The molecule has 0 saturated carbocycles. The van der Waals surface area contributed by atoms with Crippen LogP contribution in [0.15, 0.2) is 24.3 Å². The lowest BCUT2D eigenvalue weighted by Gasteiger charge is -2.16. The smallest absolute Gasteiger partial charge is 0.475 e. The molecule has 1 aromatic rings. The lowest BCUT2D eigenvalue weighted by atomic mass is 10.3. The van der Waals surface area contributed by atoms with Gasteiger partial charge in [-0.15, -0.1) is 13.2 Å². The minimum Gasteiger partial charge on any atom is -0.475 e. The second-order valence-corrected chi connectivity index (χ2v) is 3.28. The van der Waals surface area contributed by atoms with Gasteiger partial charge in [-0.2, -0.15) is 0 Å². The van der Waals surface area contributed by atoms with Crippen LogP contribution in [0.5, 0.6) is 11.5 Å². The lowest BCUT2D eigenvalue weighted by Crippen LogP contribution is -2.25. The van der Waals surface area contributed by atoms with E-state index in [0.29, 0.717) is 0 Å². The van der Waals surface area contributed by atoms with Crippen LogP contribution in [0.1, 0.15) is 6.92 Å². The number of ether oxygens (including phenoxy) is 3. The first-order valence-corrected chi connectivity index (χ1v) is 4.92. The SMILES string of the molecule is COC(=O)[C@H](C)Oc1ccccc1OC(F)(F)F. The van der Waals surface area contributed by atoms with Crippen LogP contribution in [0, 0.1) is 0 Å². The first-order valence-electron chi connectivity index (χ1n) is 4.92. The molecule has 0 bridgehead atoms. The Bertz CT molecular complexity index is 417. The van der Waals surface area contributed by atoms with Crippen molar-refractivity contribution >= 4 is 5.97 Å². The summed E-state index contributed by atoms with van der Waals surface area (Å²) in [7, 11) is 1.15. The molecule has 1 aromatic carbocycles. The third-order valence-electron chi connectivity index (χ3n) is 1.91. The second-order valence-electron chi connectivity index (χ2n) is 3.28. The summed E-state index contributed by atoms with van der Waals surface area (Å²) in [4.78, 5) is 11.1. The van der Waals surface area contributed by atoms with Gasteiger partial charge < -0.3 is 14.2 Å².